The van der Waals surface area contributed by atoms with E-state index in [2.05, 4.69) is 23.1 Å². The van der Waals surface area contributed by atoms with E-state index in [0.717, 1.165) is 18.7 Å². The number of nitrogens with zero attached hydrogens (tertiary/aromatic N) is 2. The van der Waals surface area contributed by atoms with Crippen LogP contribution in [0, 0.1) is 17.1 Å². The van der Waals surface area contributed by atoms with E-state index in [4.69, 9.17) is 0 Å². The summed E-state index contributed by atoms with van der Waals surface area (Å²) in [5, 5.41) is 9.34. The van der Waals surface area contributed by atoms with Gasteiger partial charge in [-0.25, -0.2) is 4.39 Å². The predicted molar refractivity (Wildman–Crippen MR) is 92.4 cm³/mol. The first-order chi connectivity index (χ1) is 11.3. The molecule has 0 N–H and O–H groups in total. The molecule has 116 valence electrons. The second kappa shape index (κ2) is 7.11. The first-order valence-electron chi connectivity index (χ1n) is 7.99. The number of benzene rings is 2. The number of halogens is 1. The van der Waals surface area contributed by atoms with Crippen LogP contribution in [0.3, 0.4) is 0 Å². The lowest BCUT2D eigenvalue weighted by molar-refractivity contribution is 0.578. The largest absolute Gasteiger partial charge is 0.372 e. The summed E-state index contributed by atoms with van der Waals surface area (Å²) in [7, 11) is 0. The summed E-state index contributed by atoms with van der Waals surface area (Å²) < 4.78 is 13.3. The Bertz CT molecular complexity index is 735. The van der Waals surface area contributed by atoms with Crippen LogP contribution in [-0.4, -0.2) is 13.1 Å². The van der Waals surface area contributed by atoms with Crippen LogP contribution < -0.4 is 4.90 Å². The molecule has 1 aliphatic rings. The van der Waals surface area contributed by atoms with E-state index in [-0.39, 0.29) is 5.82 Å². The van der Waals surface area contributed by atoms with Gasteiger partial charge in [0.15, 0.2) is 0 Å². The van der Waals surface area contributed by atoms with E-state index in [1.165, 1.54) is 37.1 Å². The van der Waals surface area contributed by atoms with Crippen molar-refractivity contribution >= 4 is 17.3 Å². The zero-order valence-corrected chi connectivity index (χ0v) is 13.0. The third kappa shape index (κ3) is 3.78. The zero-order valence-electron chi connectivity index (χ0n) is 13.0. The molecule has 0 saturated carbocycles. The highest BCUT2D eigenvalue weighted by atomic mass is 19.1. The van der Waals surface area contributed by atoms with Gasteiger partial charge < -0.3 is 4.90 Å². The van der Waals surface area contributed by atoms with Gasteiger partial charge in [0.05, 0.1) is 11.6 Å². The van der Waals surface area contributed by atoms with Gasteiger partial charge in [0.25, 0.3) is 0 Å². The molecule has 3 heteroatoms. The smallest absolute Gasteiger partial charge is 0.123 e. The van der Waals surface area contributed by atoms with Crippen LogP contribution in [0.15, 0.2) is 48.5 Å². The van der Waals surface area contributed by atoms with Crippen molar-refractivity contribution in [3.8, 4) is 6.07 Å². The Morgan fingerprint density at radius 3 is 2.43 bits per heavy atom. The highest BCUT2D eigenvalue weighted by Gasteiger charge is 2.10. The van der Waals surface area contributed by atoms with E-state index in [9.17, 15) is 9.65 Å². The van der Waals surface area contributed by atoms with Crippen LogP contribution >= 0.6 is 0 Å². The molecule has 2 nitrogen and oxygen atoms in total. The number of nitriles is 1. The van der Waals surface area contributed by atoms with Gasteiger partial charge in [-0.3, -0.25) is 0 Å². The Kier molecular flexibility index (Phi) is 4.73. The Balaban J connectivity index is 1.82. The fourth-order valence-corrected chi connectivity index (χ4v) is 2.94. The third-order valence-corrected chi connectivity index (χ3v) is 4.18. The van der Waals surface area contributed by atoms with E-state index in [1.54, 1.807) is 18.2 Å². The van der Waals surface area contributed by atoms with Crippen molar-refractivity contribution in [1.82, 2.24) is 0 Å². The van der Waals surface area contributed by atoms with Gasteiger partial charge in [-0.2, -0.15) is 5.26 Å². The van der Waals surface area contributed by atoms with Crippen molar-refractivity contribution in [3.63, 3.8) is 0 Å². The summed E-state index contributed by atoms with van der Waals surface area (Å²) in [5.41, 5.74) is 3.25. The maximum Gasteiger partial charge on any atom is 0.123 e. The Hall–Kier alpha value is -2.60. The van der Waals surface area contributed by atoms with Gasteiger partial charge in [-0.1, -0.05) is 24.3 Å². The van der Waals surface area contributed by atoms with E-state index < -0.39 is 0 Å². The lowest BCUT2D eigenvalue weighted by atomic mass is 10.0. The first kappa shape index (κ1) is 15.3. The van der Waals surface area contributed by atoms with Crippen LogP contribution in [-0.2, 0) is 0 Å². The molecule has 1 saturated heterocycles. The monoisotopic (exact) mass is 306 g/mol. The number of anilines is 1. The maximum atomic E-state index is 13.3. The number of hydrogen-bond acceptors (Lipinski definition) is 2. The molecule has 1 fully saturated rings. The van der Waals surface area contributed by atoms with Gasteiger partial charge in [0.2, 0.25) is 0 Å². The molecule has 0 spiro atoms. The maximum absolute atomic E-state index is 13.3. The Morgan fingerprint density at radius 1 is 1.04 bits per heavy atom. The molecule has 0 aliphatic carbocycles. The summed E-state index contributed by atoms with van der Waals surface area (Å²) in [6, 6.07) is 16.5. The third-order valence-electron chi connectivity index (χ3n) is 4.18. The first-order valence-corrected chi connectivity index (χ1v) is 7.99. The topological polar surface area (TPSA) is 27.0 Å². The number of piperidine rings is 1. The molecule has 0 unspecified atom stereocenters. The van der Waals surface area contributed by atoms with Gasteiger partial charge in [0, 0.05) is 18.8 Å². The van der Waals surface area contributed by atoms with Gasteiger partial charge >= 0.3 is 0 Å². The Morgan fingerprint density at radius 2 is 1.78 bits per heavy atom. The lowest BCUT2D eigenvalue weighted by Crippen LogP contribution is -2.29. The molecule has 0 atom stereocenters. The molecule has 1 heterocycles. The van der Waals surface area contributed by atoms with Crippen molar-refractivity contribution in [3.05, 3.63) is 65.5 Å². The predicted octanol–water partition coefficient (Wildman–Crippen LogP) is 4.88. The fourth-order valence-electron chi connectivity index (χ4n) is 2.94. The highest BCUT2D eigenvalue weighted by Crippen LogP contribution is 2.23. The molecule has 1 aliphatic heterocycles. The quantitative estimate of drug-likeness (QED) is 0.597. The molecular formula is C20H19FN2. The molecule has 2 aromatic rings. The second-order valence-electron chi connectivity index (χ2n) is 5.82. The number of rotatable bonds is 3. The molecule has 2 aromatic carbocycles. The van der Waals surface area contributed by atoms with Crippen molar-refractivity contribution in [2.75, 3.05) is 18.0 Å². The lowest BCUT2D eigenvalue weighted by Gasteiger charge is -2.28. The van der Waals surface area contributed by atoms with Crippen LogP contribution in [0.2, 0.25) is 0 Å². The molecule has 0 amide bonds. The molecule has 3 rings (SSSR count). The van der Waals surface area contributed by atoms with Gasteiger partial charge in [-0.15, -0.1) is 0 Å². The molecular weight excluding hydrogens is 287 g/mol. The molecule has 0 bridgehead atoms. The van der Waals surface area contributed by atoms with E-state index in [0.29, 0.717) is 11.1 Å². The summed E-state index contributed by atoms with van der Waals surface area (Å²) >= 11 is 0. The summed E-state index contributed by atoms with van der Waals surface area (Å²) in [5.74, 6) is -0.330. The molecule has 23 heavy (non-hydrogen) atoms. The normalized spacial score (nSPS) is 15.3. The number of allylic oxidation sites excluding steroid dienone is 1. The average molecular weight is 306 g/mol. The van der Waals surface area contributed by atoms with Crippen molar-refractivity contribution in [2.24, 2.45) is 0 Å². The summed E-state index contributed by atoms with van der Waals surface area (Å²) in [4.78, 5) is 2.40. The second-order valence-corrected chi connectivity index (χ2v) is 5.82. The zero-order chi connectivity index (χ0) is 16.1. The van der Waals surface area contributed by atoms with E-state index in [1.807, 2.05) is 12.1 Å². The SMILES string of the molecule is N#CC(=Cc1ccc(N2CCCCC2)cc1)c1cccc(F)c1. The van der Waals surface area contributed by atoms with Gasteiger partial charge in [-0.05, 0) is 60.7 Å². The van der Waals surface area contributed by atoms with Crippen molar-refractivity contribution in [1.29, 1.82) is 5.26 Å². The van der Waals surface area contributed by atoms with Crippen molar-refractivity contribution in [2.45, 2.75) is 19.3 Å². The summed E-state index contributed by atoms with van der Waals surface area (Å²) in [6.07, 6.45) is 5.62. The molecule has 0 aromatic heterocycles. The Labute approximate surface area is 136 Å². The summed E-state index contributed by atoms with van der Waals surface area (Å²) in [6.45, 7) is 2.23. The van der Waals surface area contributed by atoms with E-state index >= 15 is 0 Å². The standard InChI is InChI=1S/C20H19FN2/c21-19-6-4-5-17(14-19)18(15-22)13-16-7-9-20(10-8-16)23-11-2-1-3-12-23/h4-10,13-14H,1-3,11-12H2. The van der Waals surface area contributed by atoms with Crippen LogP contribution in [0.25, 0.3) is 11.6 Å². The minimum atomic E-state index is -0.330. The van der Waals surface area contributed by atoms with Crippen LogP contribution in [0.5, 0.6) is 0 Å². The highest BCUT2D eigenvalue weighted by molar-refractivity contribution is 5.89. The van der Waals surface area contributed by atoms with Crippen LogP contribution in [0.4, 0.5) is 10.1 Å². The minimum Gasteiger partial charge on any atom is -0.372 e. The fraction of sp³-hybridized carbons (Fsp3) is 0.250. The molecule has 0 radical (unpaired) electrons. The minimum absolute atomic E-state index is 0.330. The van der Waals surface area contributed by atoms with Crippen LogP contribution in [0.1, 0.15) is 30.4 Å². The van der Waals surface area contributed by atoms with Gasteiger partial charge in [0.1, 0.15) is 5.82 Å². The average Bonchev–Trinajstić information content (AvgIpc) is 2.61. The number of hydrogen-bond donors (Lipinski definition) is 0. The van der Waals surface area contributed by atoms with Crippen molar-refractivity contribution < 1.29 is 4.39 Å².